The van der Waals surface area contributed by atoms with Gasteiger partial charge in [0.15, 0.2) is 5.69 Å². The molecular weight excluding hydrogens is 346 g/mol. The van der Waals surface area contributed by atoms with E-state index in [9.17, 15) is 4.79 Å². The fourth-order valence-electron chi connectivity index (χ4n) is 3.06. The molecule has 1 saturated heterocycles. The average molecular weight is 364 g/mol. The molecule has 0 N–H and O–H groups in total. The van der Waals surface area contributed by atoms with Crippen LogP contribution in [0.2, 0.25) is 5.02 Å². The van der Waals surface area contributed by atoms with E-state index in [0.29, 0.717) is 36.3 Å². The van der Waals surface area contributed by atoms with E-state index in [4.69, 9.17) is 21.1 Å². The molecule has 1 amide bonds. The van der Waals surface area contributed by atoms with E-state index in [1.54, 1.807) is 15.6 Å². The fraction of sp³-hybridized carbons (Fsp3) is 0.500. The number of rotatable bonds is 3. The molecule has 2 aromatic heterocycles. The summed E-state index contributed by atoms with van der Waals surface area (Å²) in [4.78, 5) is 22.6. The number of hydrogen-bond acceptors (Lipinski definition) is 6. The van der Waals surface area contributed by atoms with Gasteiger partial charge in [0.2, 0.25) is 5.88 Å². The minimum atomic E-state index is -0.146. The minimum Gasteiger partial charge on any atom is -0.478 e. The van der Waals surface area contributed by atoms with Crippen LogP contribution >= 0.6 is 11.6 Å². The van der Waals surface area contributed by atoms with E-state index in [0.717, 1.165) is 25.8 Å². The first-order valence-corrected chi connectivity index (χ1v) is 8.71. The summed E-state index contributed by atoms with van der Waals surface area (Å²) in [5.74, 6) is 0.560. The second kappa shape index (κ2) is 6.87. The highest BCUT2D eigenvalue weighted by molar-refractivity contribution is 6.30. The molecule has 0 saturated carbocycles. The average Bonchev–Trinajstić information content (AvgIpc) is 3.07. The van der Waals surface area contributed by atoms with E-state index < -0.39 is 0 Å². The number of likely N-dealkylation sites (tertiary alicyclic amines) is 1. The van der Waals surface area contributed by atoms with Gasteiger partial charge in [-0.15, -0.1) is 0 Å². The molecule has 2 aliphatic rings. The molecule has 2 aliphatic heterocycles. The monoisotopic (exact) mass is 363 g/mol. The van der Waals surface area contributed by atoms with Crippen LogP contribution in [0.15, 0.2) is 18.5 Å². The number of aryl methyl sites for hydroxylation is 1. The van der Waals surface area contributed by atoms with Gasteiger partial charge in [-0.25, -0.2) is 14.6 Å². The van der Waals surface area contributed by atoms with E-state index >= 15 is 0 Å². The number of amides is 1. The predicted octanol–water partition coefficient (Wildman–Crippen LogP) is 1.79. The Morgan fingerprint density at radius 1 is 1.28 bits per heavy atom. The molecule has 0 aromatic carbocycles. The van der Waals surface area contributed by atoms with Crippen LogP contribution in [0, 0.1) is 0 Å². The summed E-state index contributed by atoms with van der Waals surface area (Å²) in [6, 6.07) is 1.99. The zero-order chi connectivity index (χ0) is 17.2. The van der Waals surface area contributed by atoms with Crippen molar-refractivity contribution < 1.29 is 14.3 Å². The lowest BCUT2D eigenvalue weighted by Crippen LogP contribution is -2.44. The number of halogens is 1. The number of fused-ring (bicyclic) bond motifs is 1. The van der Waals surface area contributed by atoms with Crippen molar-refractivity contribution in [3.05, 3.63) is 29.2 Å². The molecule has 0 bridgehead atoms. The molecule has 0 spiro atoms. The molecule has 1 fully saturated rings. The van der Waals surface area contributed by atoms with Crippen LogP contribution in [0.5, 0.6) is 11.9 Å². The Bertz CT molecular complexity index is 740. The van der Waals surface area contributed by atoms with Gasteiger partial charge in [-0.05, 0) is 12.8 Å². The number of carbonyl (C=O) groups is 1. The second-order valence-corrected chi connectivity index (χ2v) is 6.55. The normalized spacial score (nSPS) is 19.9. The standard InChI is InChI=1S/C16H18ClN5O3/c17-11-8-18-16(19-9-11)25-12-3-1-4-21(10-12)15(23)13-7-14-22(20-13)5-2-6-24-14/h7-9,12H,1-6,10H2. The van der Waals surface area contributed by atoms with Crippen molar-refractivity contribution in [3.8, 4) is 11.9 Å². The van der Waals surface area contributed by atoms with Crippen LogP contribution < -0.4 is 9.47 Å². The van der Waals surface area contributed by atoms with Crippen LogP contribution in [-0.2, 0) is 6.54 Å². The van der Waals surface area contributed by atoms with E-state index in [-0.39, 0.29) is 18.0 Å². The first-order valence-electron chi connectivity index (χ1n) is 8.33. The zero-order valence-electron chi connectivity index (χ0n) is 13.6. The van der Waals surface area contributed by atoms with Crippen molar-refractivity contribution in [2.24, 2.45) is 0 Å². The van der Waals surface area contributed by atoms with Gasteiger partial charge in [-0.3, -0.25) is 4.79 Å². The maximum Gasteiger partial charge on any atom is 0.316 e. The van der Waals surface area contributed by atoms with Gasteiger partial charge in [0.05, 0.1) is 30.6 Å². The number of hydrogen-bond donors (Lipinski definition) is 0. The van der Waals surface area contributed by atoms with Gasteiger partial charge >= 0.3 is 6.01 Å². The Hall–Kier alpha value is -2.35. The molecule has 25 heavy (non-hydrogen) atoms. The first-order chi connectivity index (χ1) is 12.2. The lowest BCUT2D eigenvalue weighted by molar-refractivity contribution is 0.0510. The molecule has 0 aliphatic carbocycles. The summed E-state index contributed by atoms with van der Waals surface area (Å²) in [5, 5.41) is 4.82. The van der Waals surface area contributed by atoms with Crippen LogP contribution in [0.1, 0.15) is 29.8 Å². The lowest BCUT2D eigenvalue weighted by atomic mass is 10.1. The van der Waals surface area contributed by atoms with Gasteiger partial charge in [0.1, 0.15) is 6.10 Å². The predicted molar refractivity (Wildman–Crippen MR) is 88.9 cm³/mol. The summed E-state index contributed by atoms with van der Waals surface area (Å²) in [6.07, 6.45) is 5.44. The molecule has 2 aromatic rings. The Balaban J connectivity index is 1.42. The highest BCUT2D eigenvalue weighted by Crippen LogP contribution is 2.22. The number of carbonyl (C=O) groups excluding carboxylic acids is 1. The van der Waals surface area contributed by atoms with Crippen molar-refractivity contribution in [2.75, 3.05) is 19.7 Å². The second-order valence-electron chi connectivity index (χ2n) is 6.11. The summed E-state index contributed by atoms with van der Waals surface area (Å²) < 4.78 is 13.1. The third-order valence-corrected chi connectivity index (χ3v) is 4.46. The number of ether oxygens (including phenoxy) is 2. The summed E-state index contributed by atoms with van der Waals surface area (Å²) >= 11 is 5.78. The van der Waals surface area contributed by atoms with Crippen molar-refractivity contribution in [3.63, 3.8) is 0 Å². The minimum absolute atomic E-state index is 0.101. The maximum atomic E-state index is 12.8. The van der Waals surface area contributed by atoms with Crippen molar-refractivity contribution in [1.29, 1.82) is 0 Å². The van der Waals surface area contributed by atoms with E-state index in [1.165, 1.54) is 12.4 Å². The molecule has 4 rings (SSSR count). The van der Waals surface area contributed by atoms with Crippen molar-refractivity contribution in [1.82, 2.24) is 24.6 Å². The molecule has 4 heterocycles. The SMILES string of the molecule is O=C(c1cc2n(n1)CCCO2)N1CCCC(Oc2ncc(Cl)cn2)C1. The largest absolute Gasteiger partial charge is 0.478 e. The summed E-state index contributed by atoms with van der Waals surface area (Å²) in [6.45, 7) is 2.61. The van der Waals surface area contributed by atoms with E-state index in [1.807, 2.05) is 0 Å². The number of aromatic nitrogens is 4. The summed E-state index contributed by atoms with van der Waals surface area (Å²) in [7, 11) is 0. The third-order valence-electron chi connectivity index (χ3n) is 4.26. The summed E-state index contributed by atoms with van der Waals surface area (Å²) in [5.41, 5.74) is 0.417. The quantitative estimate of drug-likeness (QED) is 0.826. The highest BCUT2D eigenvalue weighted by Gasteiger charge is 2.28. The van der Waals surface area contributed by atoms with Gasteiger partial charge in [-0.1, -0.05) is 11.6 Å². The Morgan fingerprint density at radius 2 is 2.12 bits per heavy atom. The smallest absolute Gasteiger partial charge is 0.316 e. The molecule has 1 unspecified atom stereocenters. The van der Waals surface area contributed by atoms with Crippen LogP contribution in [-0.4, -0.2) is 56.4 Å². The Labute approximate surface area is 149 Å². The zero-order valence-corrected chi connectivity index (χ0v) is 14.4. The van der Waals surface area contributed by atoms with Crippen LogP contribution in [0.4, 0.5) is 0 Å². The van der Waals surface area contributed by atoms with Crippen LogP contribution in [0.3, 0.4) is 0 Å². The van der Waals surface area contributed by atoms with Gasteiger partial charge < -0.3 is 14.4 Å². The van der Waals surface area contributed by atoms with Gasteiger partial charge in [0.25, 0.3) is 5.91 Å². The molecular formula is C16H18ClN5O3. The Morgan fingerprint density at radius 3 is 2.92 bits per heavy atom. The van der Waals surface area contributed by atoms with Gasteiger partial charge in [-0.2, -0.15) is 5.10 Å². The topological polar surface area (TPSA) is 82.4 Å². The number of piperidine rings is 1. The van der Waals surface area contributed by atoms with Gasteiger partial charge in [0, 0.05) is 25.6 Å². The molecule has 132 valence electrons. The van der Waals surface area contributed by atoms with Crippen molar-refractivity contribution >= 4 is 17.5 Å². The fourth-order valence-corrected chi connectivity index (χ4v) is 3.16. The molecule has 0 radical (unpaired) electrons. The molecule has 1 atom stereocenters. The molecule has 9 heteroatoms. The lowest BCUT2D eigenvalue weighted by Gasteiger charge is -2.31. The Kier molecular flexibility index (Phi) is 4.44. The first kappa shape index (κ1) is 16.1. The third kappa shape index (κ3) is 3.53. The van der Waals surface area contributed by atoms with E-state index in [2.05, 4.69) is 15.1 Å². The molecule has 8 nitrogen and oxygen atoms in total. The highest BCUT2D eigenvalue weighted by atomic mass is 35.5. The van der Waals surface area contributed by atoms with Crippen molar-refractivity contribution in [2.45, 2.75) is 31.9 Å². The number of nitrogens with zero attached hydrogens (tertiary/aromatic N) is 5. The van der Waals surface area contributed by atoms with Crippen LogP contribution in [0.25, 0.3) is 0 Å². The maximum absolute atomic E-state index is 12.8.